The van der Waals surface area contributed by atoms with Crippen LogP contribution in [0, 0.1) is 11.8 Å². The van der Waals surface area contributed by atoms with Crippen molar-refractivity contribution < 1.29 is 4.74 Å². The summed E-state index contributed by atoms with van der Waals surface area (Å²) in [7, 11) is 1.83. The van der Waals surface area contributed by atoms with Gasteiger partial charge in [-0.3, -0.25) is 4.90 Å². The third kappa shape index (κ3) is 3.46. The topological polar surface area (TPSA) is 24.5 Å². The number of piperidine rings is 1. The Kier molecular flexibility index (Phi) is 5.46. The maximum absolute atomic E-state index is 5.42. The standard InChI is InChI=1S/C15H30N2O/c1-12(2)15(11-18-3)17-9-5-6-13(10-17)14-7-4-8-16-14/h12-16H,4-11H2,1-3H3. The van der Waals surface area contributed by atoms with Gasteiger partial charge in [0.05, 0.1) is 6.61 Å². The van der Waals surface area contributed by atoms with Crippen LogP contribution in [0.5, 0.6) is 0 Å². The Morgan fingerprint density at radius 3 is 2.72 bits per heavy atom. The molecular formula is C15H30N2O. The molecule has 106 valence electrons. The Bertz CT molecular complexity index is 239. The van der Waals surface area contributed by atoms with Gasteiger partial charge in [-0.05, 0) is 50.6 Å². The molecule has 0 aliphatic carbocycles. The summed E-state index contributed by atoms with van der Waals surface area (Å²) < 4.78 is 5.42. The van der Waals surface area contributed by atoms with Gasteiger partial charge in [0.1, 0.15) is 0 Å². The zero-order valence-corrected chi connectivity index (χ0v) is 12.3. The highest BCUT2D eigenvalue weighted by Gasteiger charge is 2.32. The van der Waals surface area contributed by atoms with Crippen molar-refractivity contribution >= 4 is 0 Å². The quantitative estimate of drug-likeness (QED) is 0.813. The van der Waals surface area contributed by atoms with Crippen molar-refractivity contribution in [3.05, 3.63) is 0 Å². The lowest BCUT2D eigenvalue weighted by atomic mass is 9.88. The second kappa shape index (κ2) is 6.88. The van der Waals surface area contributed by atoms with Crippen molar-refractivity contribution in [3.8, 4) is 0 Å². The van der Waals surface area contributed by atoms with E-state index in [0.29, 0.717) is 12.0 Å². The number of nitrogens with one attached hydrogen (secondary N) is 1. The highest BCUT2D eigenvalue weighted by Crippen LogP contribution is 2.27. The monoisotopic (exact) mass is 254 g/mol. The molecule has 0 radical (unpaired) electrons. The van der Waals surface area contributed by atoms with Crippen LogP contribution < -0.4 is 5.32 Å². The lowest BCUT2D eigenvalue weighted by Gasteiger charge is -2.41. The van der Waals surface area contributed by atoms with Crippen LogP contribution in [0.15, 0.2) is 0 Å². The highest BCUT2D eigenvalue weighted by molar-refractivity contribution is 4.88. The predicted molar refractivity (Wildman–Crippen MR) is 75.8 cm³/mol. The van der Waals surface area contributed by atoms with E-state index >= 15 is 0 Å². The largest absolute Gasteiger partial charge is 0.383 e. The van der Waals surface area contributed by atoms with Crippen molar-refractivity contribution in [2.45, 2.75) is 51.6 Å². The molecule has 3 unspecified atom stereocenters. The average molecular weight is 254 g/mol. The first-order valence-corrected chi connectivity index (χ1v) is 7.68. The lowest BCUT2D eigenvalue weighted by molar-refractivity contribution is 0.0312. The summed E-state index contributed by atoms with van der Waals surface area (Å²) in [5.74, 6) is 1.54. The fourth-order valence-electron chi connectivity index (χ4n) is 3.67. The van der Waals surface area contributed by atoms with E-state index in [-0.39, 0.29) is 0 Å². The number of methoxy groups -OCH3 is 1. The third-order valence-electron chi connectivity index (χ3n) is 4.73. The third-order valence-corrected chi connectivity index (χ3v) is 4.73. The lowest BCUT2D eigenvalue weighted by Crippen LogP contribution is -2.50. The van der Waals surface area contributed by atoms with E-state index in [1.165, 1.54) is 45.3 Å². The van der Waals surface area contributed by atoms with E-state index < -0.39 is 0 Å². The Labute approximate surface area is 112 Å². The summed E-state index contributed by atoms with van der Waals surface area (Å²) >= 11 is 0. The van der Waals surface area contributed by atoms with Crippen LogP contribution >= 0.6 is 0 Å². The second-order valence-corrected chi connectivity index (χ2v) is 6.37. The second-order valence-electron chi connectivity index (χ2n) is 6.37. The SMILES string of the molecule is COCC(C(C)C)N1CCCC(C2CCCN2)C1. The van der Waals surface area contributed by atoms with E-state index in [9.17, 15) is 0 Å². The van der Waals surface area contributed by atoms with Crippen LogP contribution in [-0.2, 0) is 4.74 Å². The minimum atomic E-state index is 0.596. The van der Waals surface area contributed by atoms with Crippen LogP contribution in [0.4, 0.5) is 0 Å². The molecule has 0 saturated carbocycles. The Morgan fingerprint density at radius 2 is 2.11 bits per heavy atom. The molecule has 2 heterocycles. The van der Waals surface area contributed by atoms with Gasteiger partial charge in [0, 0.05) is 25.7 Å². The first kappa shape index (κ1) is 14.3. The molecule has 0 bridgehead atoms. The van der Waals surface area contributed by atoms with Gasteiger partial charge in [-0.1, -0.05) is 13.8 Å². The molecule has 0 aromatic heterocycles. The minimum Gasteiger partial charge on any atom is -0.383 e. The summed E-state index contributed by atoms with van der Waals surface area (Å²) in [5, 5.41) is 3.69. The first-order chi connectivity index (χ1) is 8.72. The molecule has 2 aliphatic rings. The molecule has 3 nitrogen and oxygen atoms in total. The first-order valence-electron chi connectivity index (χ1n) is 7.68. The van der Waals surface area contributed by atoms with Crippen molar-refractivity contribution in [3.63, 3.8) is 0 Å². The molecule has 0 amide bonds. The number of ether oxygens (including phenoxy) is 1. The van der Waals surface area contributed by atoms with E-state index in [4.69, 9.17) is 4.74 Å². The van der Waals surface area contributed by atoms with E-state index in [2.05, 4.69) is 24.1 Å². The molecule has 2 fully saturated rings. The summed E-state index contributed by atoms with van der Waals surface area (Å²) in [6.07, 6.45) is 5.52. The van der Waals surface area contributed by atoms with Gasteiger partial charge in [-0.2, -0.15) is 0 Å². The van der Waals surface area contributed by atoms with Gasteiger partial charge in [-0.15, -0.1) is 0 Å². The van der Waals surface area contributed by atoms with Crippen molar-refractivity contribution in [1.82, 2.24) is 10.2 Å². The molecule has 1 N–H and O–H groups in total. The molecule has 0 aromatic rings. The van der Waals surface area contributed by atoms with Gasteiger partial charge < -0.3 is 10.1 Å². The van der Waals surface area contributed by atoms with Crippen molar-refractivity contribution in [1.29, 1.82) is 0 Å². The molecule has 18 heavy (non-hydrogen) atoms. The molecule has 0 aromatic carbocycles. The van der Waals surface area contributed by atoms with Gasteiger partial charge in [0.25, 0.3) is 0 Å². The highest BCUT2D eigenvalue weighted by atomic mass is 16.5. The summed E-state index contributed by atoms with van der Waals surface area (Å²) in [6.45, 7) is 9.27. The van der Waals surface area contributed by atoms with Gasteiger partial charge in [-0.25, -0.2) is 0 Å². The van der Waals surface area contributed by atoms with Crippen molar-refractivity contribution in [2.24, 2.45) is 11.8 Å². The normalized spacial score (nSPS) is 32.0. The number of rotatable bonds is 5. The van der Waals surface area contributed by atoms with Gasteiger partial charge in [0.15, 0.2) is 0 Å². The predicted octanol–water partition coefficient (Wildman–Crippen LogP) is 2.12. The van der Waals surface area contributed by atoms with Crippen LogP contribution in [0.25, 0.3) is 0 Å². The van der Waals surface area contributed by atoms with Crippen molar-refractivity contribution in [2.75, 3.05) is 33.4 Å². The van der Waals surface area contributed by atoms with Crippen LogP contribution in [-0.4, -0.2) is 50.3 Å². The number of hydrogen-bond acceptors (Lipinski definition) is 3. The van der Waals surface area contributed by atoms with E-state index in [1.807, 2.05) is 7.11 Å². The number of nitrogens with zero attached hydrogens (tertiary/aromatic N) is 1. The van der Waals surface area contributed by atoms with Crippen LogP contribution in [0.3, 0.4) is 0 Å². The van der Waals surface area contributed by atoms with E-state index in [0.717, 1.165) is 18.6 Å². The van der Waals surface area contributed by atoms with Crippen LogP contribution in [0.1, 0.15) is 39.5 Å². The fraction of sp³-hybridized carbons (Fsp3) is 1.00. The average Bonchev–Trinajstić information content (AvgIpc) is 2.89. The van der Waals surface area contributed by atoms with Gasteiger partial charge in [0.2, 0.25) is 0 Å². The summed E-state index contributed by atoms with van der Waals surface area (Å²) in [6, 6.07) is 1.38. The molecule has 3 atom stereocenters. The zero-order chi connectivity index (χ0) is 13.0. The molecule has 2 saturated heterocycles. The van der Waals surface area contributed by atoms with E-state index in [1.54, 1.807) is 0 Å². The number of hydrogen-bond donors (Lipinski definition) is 1. The Balaban J connectivity index is 1.91. The molecule has 2 aliphatic heterocycles. The minimum absolute atomic E-state index is 0.596. The summed E-state index contributed by atoms with van der Waals surface area (Å²) in [4.78, 5) is 2.68. The smallest absolute Gasteiger partial charge is 0.0620 e. The molecular weight excluding hydrogens is 224 g/mol. The molecule has 2 rings (SSSR count). The Morgan fingerprint density at radius 1 is 1.28 bits per heavy atom. The molecule has 3 heteroatoms. The molecule has 0 spiro atoms. The Hall–Kier alpha value is -0.120. The maximum atomic E-state index is 5.42. The summed E-state index contributed by atoms with van der Waals surface area (Å²) in [5.41, 5.74) is 0. The fourth-order valence-corrected chi connectivity index (χ4v) is 3.67. The van der Waals surface area contributed by atoms with Crippen LogP contribution in [0.2, 0.25) is 0 Å². The maximum Gasteiger partial charge on any atom is 0.0620 e. The van der Waals surface area contributed by atoms with Gasteiger partial charge >= 0.3 is 0 Å². The number of likely N-dealkylation sites (tertiary alicyclic amines) is 1. The zero-order valence-electron chi connectivity index (χ0n) is 12.3.